The van der Waals surface area contributed by atoms with Crippen molar-refractivity contribution < 1.29 is 27.4 Å². The number of nitrogens with zero attached hydrogens (tertiary/aromatic N) is 1. The van der Waals surface area contributed by atoms with E-state index in [1.54, 1.807) is 13.0 Å². The van der Waals surface area contributed by atoms with Gasteiger partial charge in [0, 0.05) is 11.6 Å². The Balaban J connectivity index is 1.61. The van der Waals surface area contributed by atoms with E-state index in [0.717, 1.165) is 24.1 Å². The second-order valence-electron chi connectivity index (χ2n) is 8.88. The quantitative estimate of drug-likeness (QED) is 0.429. The summed E-state index contributed by atoms with van der Waals surface area (Å²) >= 11 is 0. The summed E-state index contributed by atoms with van der Waals surface area (Å²) in [4.78, 5) is 17.7. The average Bonchev–Trinajstić information content (AvgIpc) is 2.78. The molecule has 0 spiro atoms. The molecule has 2 aromatic carbocycles. The molecule has 1 aromatic heterocycles. The van der Waals surface area contributed by atoms with Crippen LogP contribution in [0.25, 0.3) is 11.1 Å². The maximum absolute atomic E-state index is 13.2. The van der Waals surface area contributed by atoms with Crippen molar-refractivity contribution in [1.82, 2.24) is 4.98 Å². The number of carbonyl (C=O) groups is 1. The molecule has 1 aliphatic heterocycles. The Morgan fingerprint density at radius 3 is 2.31 bits per heavy atom. The van der Waals surface area contributed by atoms with Gasteiger partial charge < -0.3 is 14.8 Å². The van der Waals surface area contributed by atoms with E-state index in [2.05, 4.69) is 15.0 Å². The van der Waals surface area contributed by atoms with Gasteiger partial charge in [-0.25, -0.2) is 0 Å². The smallest absolute Gasteiger partial charge is 0.405 e. The first-order chi connectivity index (χ1) is 16.6. The fourth-order valence-electron chi connectivity index (χ4n) is 4.67. The topological polar surface area (TPSA) is 60.5 Å². The predicted octanol–water partition coefficient (Wildman–Crippen LogP) is 6.88. The first-order valence-corrected chi connectivity index (χ1v) is 11.5. The highest BCUT2D eigenvalue weighted by Crippen LogP contribution is 2.36. The van der Waals surface area contributed by atoms with Gasteiger partial charge in [-0.3, -0.25) is 9.78 Å². The van der Waals surface area contributed by atoms with Gasteiger partial charge in [0.25, 0.3) is 5.91 Å². The molecule has 1 amide bonds. The number of ether oxygens (including phenoxy) is 2. The first-order valence-electron chi connectivity index (χ1n) is 11.5. The minimum absolute atomic E-state index is 0.136. The molecule has 0 bridgehead atoms. The van der Waals surface area contributed by atoms with E-state index in [1.165, 1.54) is 18.3 Å². The highest BCUT2D eigenvalue weighted by molar-refractivity contribution is 6.08. The maximum atomic E-state index is 13.2. The summed E-state index contributed by atoms with van der Waals surface area (Å²) in [5.41, 5.74) is 2.90. The lowest BCUT2D eigenvalue weighted by molar-refractivity contribution is -0.274. The Morgan fingerprint density at radius 2 is 1.71 bits per heavy atom. The Kier molecular flexibility index (Phi) is 7.12. The molecule has 3 aromatic rings. The van der Waals surface area contributed by atoms with Gasteiger partial charge in [-0.05, 0) is 68.5 Å². The molecule has 1 saturated heterocycles. The zero-order chi connectivity index (χ0) is 25.2. The molecule has 1 aliphatic rings. The van der Waals surface area contributed by atoms with Crippen molar-refractivity contribution in [3.8, 4) is 16.9 Å². The molecule has 1 fully saturated rings. The minimum Gasteiger partial charge on any atom is -0.405 e. The van der Waals surface area contributed by atoms with E-state index < -0.39 is 18.0 Å². The van der Waals surface area contributed by atoms with Gasteiger partial charge in [0.05, 0.1) is 29.7 Å². The molecule has 3 atom stereocenters. The number of amides is 1. The van der Waals surface area contributed by atoms with Crippen LogP contribution < -0.4 is 10.1 Å². The van der Waals surface area contributed by atoms with Gasteiger partial charge in [-0.1, -0.05) is 36.4 Å². The molecule has 0 radical (unpaired) electrons. The lowest BCUT2D eigenvalue weighted by Gasteiger charge is -2.31. The van der Waals surface area contributed by atoms with E-state index in [9.17, 15) is 18.0 Å². The summed E-state index contributed by atoms with van der Waals surface area (Å²) in [5, 5.41) is 2.68. The number of hydrogen-bond donors (Lipinski definition) is 1. The second-order valence-corrected chi connectivity index (χ2v) is 8.88. The van der Waals surface area contributed by atoms with Crippen LogP contribution in [-0.2, 0) is 4.74 Å². The molecule has 1 N–H and O–H groups in total. The third-order valence-electron chi connectivity index (χ3n) is 6.12. The number of aromatic nitrogens is 1. The number of carbonyl (C=O) groups excluding carboxylic acids is 1. The van der Waals surface area contributed by atoms with Crippen LogP contribution in [0.3, 0.4) is 0 Å². The molecule has 2 heterocycles. The highest BCUT2D eigenvalue weighted by Gasteiger charge is 2.34. The van der Waals surface area contributed by atoms with Crippen molar-refractivity contribution in [3.63, 3.8) is 0 Å². The fraction of sp³-hybridized carbons (Fsp3) is 0.333. The Labute approximate surface area is 202 Å². The first kappa shape index (κ1) is 24.7. The number of hydrogen-bond acceptors (Lipinski definition) is 4. The molecule has 35 heavy (non-hydrogen) atoms. The van der Waals surface area contributed by atoms with Crippen LogP contribution in [0.15, 0.2) is 60.8 Å². The lowest BCUT2D eigenvalue weighted by atomic mass is 9.89. The normalized spacial score (nSPS) is 20.3. The molecule has 184 valence electrons. The predicted molar refractivity (Wildman–Crippen MR) is 127 cm³/mol. The van der Waals surface area contributed by atoms with Crippen molar-refractivity contribution in [2.75, 3.05) is 5.32 Å². The number of benzene rings is 2. The van der Waals surface area contributed by atoms with Crippen molar-refractivity contribution in [1.29, 1.82) is 0 Å². The van der Waals surface area contributed by atoms with Gasteiger partial charge in [-0.2, -0.15) is 0 Å². The van der Waals surface area contributed by atoms with Gasteiger partial charge >= 0.3 is 6.36 Å². The van der Waals surface area contributed by atoms with Crippen LogP contribution >= 0.6 is 0 Å². The summed E-state index contributed by atoms with van der Waals surface area (Å²) in [7, 11) is 0. The number of halogens is 3. The maximum Gasteiger partial charge on any atom is 0.573 e. The molecule has 0 saturated carbocycles. The Hall–Kier alpha value is -3.39. The average molecular weight is 485 g/mol. The van der Waals surface area contributed by atoms with Crippen LogP contribution in [0.5, 0.6) is 5.75 Å². The Morgan fingerprint density at radius 1 is 1.03 bits per heavy atom. The van der Waals surface area contributed by atoms with Gasteiger partial charge in [0.15, 0.2) is 0 Å². The van der Waals surface area contributed by atoms with Crippen molar-refractivity contribution in [3.05, 3.63) is 77.6 Å². The number of nitrogens with one attached hydrogen (secondary N) is 1. The van der Waals surface area contributed by atoms with Crippen LogP contribution in [0.2, 0.25) is 0 Å². The van der Waals surface area contributed by atoms with Gasteiger partial charge in [-0.15, -0.1) is 13.2 Å². The van der Waals surface area contributed by atoms with Gasteiger partial charge in [0.1, 0.15) is 5.75 Å². The third kappa shape index (κ3) is 6.00. The summed E-state index contributed by atoms with van der Waals surface area (Å²) in [6.07, 6.45) is -1.43. The van der Waals surface area contributed by atoms with E-state index in [0.29, 0.717) is 16.8 Å². The fourth-order valence-corrected chi connectivity index (χ4v) is 4.67. The van der Waals surface area contributed by atoms with Crippen molar-refractivity contribution >= 4 is 11.6 Å². The van der Waals surface area contributed by atoms with Crippen LogP contribution in [-0.4, -0.2) is 29.5 Å². The summed E-state index contributed by atoms with van der Waals surface area (Å²) in [6.45, 7) is 5.67. The molecule has 5 nitrogen and oxygen atoms in total. The van der Waals surface area contributed by atoms with E-state index in [4.69, 9.17) is 4.74 Å². The SMILES string of the molecule is Cc1c(-c2ccccc2)ccc(OC(F)(F)F)c1C(=O)Nc1ccc(C2C[C@@H](C)O[C@@H](C)C2)nc1. The monoisotopic (exact) mass is 484 g/mol. The van der Waals surface area contributed by atoms with Crippen LogP contribution in [0.1, 0.15) is 54.2 Å². The number of anilines is 1. The van der Waals surface area contributed by atoms with E-state index in [1.807, 2.05) is 50.2 Å². The number of pyridine rings is 1. The van der Waals surface area contributed by atoms with Crippen molar-refractivity contribution in [2.45, 2.75) is 58.1 Å². The zero-order valence-electron chi connectivity index (χ0n) is 19.7. The highest BCUT2D eigenvalue weighted by atomic mass is 19.4. The summed E-state index contributed by atoms with van der Waals surface area (Å²) < 4.78 is 49.2. The molecule has 0 aliphatic carbocycles. The third-order valence-corrected chi connectivity index (χ3v) is 6.12. The molecular formula is C27H27F3N2O3. The molecule has 4 rings (SSSR count). The largest absolute Gasteiger partial charge is 0.573 e. The van der Waals surface area contributed by atoms with Crippen molar-refractivity contribution in [2.24, 2.45) is 0 Å². The summed E-state index contributed by atoms with van der Waals surface area (Å²) in [6, 6.07) is 15.4. The van der Waals surface area contributed by atoms with Gasteiger partial charge in [0.2, 0.25) is 0 Å². The van der Waals surface area contributed by atoms with E-state index >= 15 is 0 Å². The Bertz CT molecular complexity index is 1170. The van der Waals surface area contributed by atoms with E-state index in [-0.39, 0.29) is 23.7 Å². The zero-order valence-corrected chi connectivity index (χ0v) is 19.7. The molecule has 8 heteroatoms. The summed E-state index contributed by atoms with van der Waals surface area (Å²) in [5.74, 6) is -1.01. The second kappa shape index (κ2) is 10.1. The minimum atomic E-state index is -4.93. The number of alkyl halides is 3. The molecular weight excluding hydrogens is 457 g/mol. The standard InChI is InChI=1S/C27H27F3N2O3/c1-16-13-20(14-17(2)34-16)23-11-9-21(15-31-23)32-26(33)25-18(3)22(19-7-5-4-6-8-19)10-12-24(25)35-27(28,29)30/h4-12,15-17,20H,13-14H2,1-3H3,(H,32,33)/t16-,17+,20?. The number of rotatable bonds is 5. The lowest BCUT2D eigenvalue weighted by Crippen LogP contribution is -2.28. The van der Waals surface area contributed by atoms with Crippen LogP contribution in [0.4, 0.5) is 18.9 Å². The van der Waals surface area contributed by atoms with Crippen LogP contribution in [0, 0.1) is 6.92 Å². The molecule has 1 unspecified atom stereocenters.